The third-order valence-electron chi connectivity index (χ3n) is 5.51. The smallest absolute Gasteiger partial charge is 0.223 e. The van der Waals surface area contributed by atoms with E-state index in [1.807, 2.05) is 0 Å². The molecule has 6 atom stereocenters. The molecule has 0 heterocycles. The van der Waals surface area contributed by atoms with Gasteiger partial charge in [0.2, 0.25) is 11.8 Å². The van der Waals surface area contributed by atoms with Gasteiger partial charge in [-0.2, -0.15) is 0 Å². The van der Waals surface area contributed by atoms with Crippen molar-refractivity contribution in [3.63, 3.8) is 0 Å². The van der Waals surface area contributed by atoms with Gasteiger partial charge in [0, 0.05) is 25.0 Å². The van der Waals surface area contributed by atoms with Crippen LogP contribution in [0.5, 0.6) is 0 Å². The van der Waals surface area contributed by atoms with Crippen molar-refractivity contribution in [3.05, 3.63) is 35.4 Å². The Morgan fingerprint density at radius 3 is 2.08 bits per heavy atom. The lowest BCUT2D eigenvalue weighted by atomic mass is 9.97. The van der Waals surface area contributed by atoms with Crippen LogP contribution in [-0.2, 0) is 32.2 Å². The highest BCUT2D eigenvalue weighted by Gasteiger charge is 2.27. The van der Waals surface area contributed by atoms with Crippen molar-refractivity contribution in [2.24, 2.45) is 16.6 Å². The highest BCUT2D eigenvalue weighted by atomic mass is 16.4. The first-order valence-electron chi connectivity index (χ1n) is 11.4. The summed E-state index contributed by atoms with van der Waals surface area (Å²) in [5.74, 6) is -3.23. The molecule has 3 unspecified atom stereocenters. The zero-order valence-corrected chi connectivity index (χ0v) is 20.3. The highest BCUT2D eigenvalue weighted by Crippen LogP contribution is 2.11. The van der Waals surface area contributed by atoms with Crippen LogP contribution < -0.4 is 11.1 Å². The maximum absolute atomic E-state index is 12.7. The van der Waals surface area contributed by atoms with Gasteiger partial charge in [-0.15, -0.1) is 0 Å². The van der Waals surface area contributed by atoms with Gasteiger partial charge in [0.1, 0.15) is 24.4 Å². The molecular formula is C24H35N3O9. The van der Waals surface area contributed by atoms with Crippen molar-refractivity contribution in [1.82, 2.24) is 5.32 Å². The summed E-state index contributed by atoms with van der Waals surface area (Å²) in [4.78, 5) is 53.1. The molecule has 0 spiro atoms. The summed E-state index contributed by atoms with van der Waals surface area (Å²) in [7, 11) is 0. The van der Waals surface area contributed by atoms with E-state index in [1.165, 1.54) is 13.8 Å². The number of aliphatic hydroxyl groups excluding tert-OH is 5. The SMILES string of the molecule is CC(CC(=O)C(C)N=C[C@H](O)[C@@H](O)[C@H](O)CO)C(=O)NC(CC(N)=O)C(=O)Cc1ccc(CO)cc1. The van der Waals surface area contributed by atoms with Gasteiger partial charge in [-0.05, 0) is 18.1 Å². The zero-order valence-electron chi connectivity index (χ0n) is 20.3. The molecule has 0 aliphatic heterocycles. The Kier molecular flexibility index (Phi) is 13.1. The number of hydrogen-bond donors (Lipinski definition) is 7. The van der Waals surface area contributed by atoms with Crippen LogP contribution in [0, 0.1) is 5.92 Å². The summed E-state index contributed by atoms with van der Waals surface area (Å²) < 4.78 is 0. The summed E-state index contributed by atoms with van der Waals surface area (Å²) in [6, 6.07) is 4.42. The standard InChI is InChI=1S/C24H35N3O9/c1-13(7-18(30)14(2)26-10-20(32)23(35)21(33)12-29)24(36)27-17(9-22(25)34)19(31)8-15-3-5-16(11-28)6-4-15/h3-6,10,13-14,17,20-21,23,28-29,32-33,35H,7-9,11-12H2,1-2H3,(H2,25,34)(H,27,36)/t13?,14?,17?,20-,21+,23+/m0/s1. The maximum Gasteiger partial charge on any atom is 0.223 e. The summed E-state index contributed by atoms with van der Waals surface area (Å²) in [6.07, 6.45) is -4.80. The van der Waals surface area contributed by atoms with Crippen LogP contribution in [0.4, 0.5) is 0 Å². The van der Waals surface area contributed by atoms with Crippen LogP contribution in [-0.4, -0.2) is 92.1 Å². The molecule has 0 aliphatic rings. The molecule has 200 valence electrons. The molecular weight excluding hydrogens is 474 g/mol. The topological polar surface area (TPSA) is 220 Å². The van der Waals surface area contributed by atoms with E-state index in [-0.39, 0.29) is 19.4 Å². The predicted molar refractivity (Wildman–Crippen MR) is 129 cm³/mol. The molecule has 0 saturated carbocycles. The number of Topliss-reactive ketones (excluding diaryl/α,β-unsaturated/α-hetero) is 2. The monoisotopic (exact) mass is 509 g/mol. The molecule has 2 amide bonds. The minimum atomic E-state index is -1.70. The van der Waals surface area contributed by atoms with Crippen LogP contribution in [0.25, 0.3) is 0 Å². The van der Waals surface area contributed by atoms with Gasteiger partial charge in [-0.1, -0.05) is 31.2 Å². The minimum Gasteiger partial charge on any atom is -0.394 e. The molecule has 0 bridgehead atoms. The number of aliphatic imine (C=N–C) groups is 1. The molecule has 1 rings (SSSR count). The number of primary amides is 1. The number of nitrogens with one attached hydrogen (secondary N) is 1. The van der Waals surface area contributed by atoms with E-state index < -0.39 is 72.7 Å². The van der Waals surface area contributed by atoms with Crippen molar-refractivity contribution in [1.29, 1.82) is 0 Å². The Morgan fingerprint density at radius 2 is 1.56 bits per heavy atom. The quantitative estimate of drug-likeness (QED) is 0.120. The first kappa shape index (κ1) is 31.0. The largest absolute Gasteiger partial charge is 0.394 e. The number of rotatable bonds is 16. The summed E-state index contributed by atoms with van der Waals surface area (Å²) >= 11 is 0. The van der Waals surface area contributed by atoms with Crippen LogP contribution in [0.2, 0.25) is 0 Å². The molecule has 1 aromatic rings. The molecule has 1 aromatic carbocycles. The average Bonchev–Trinajstić information content (AvgIpc) is 2.85. The van der Waals surface area contributed by atoms with Gasteiger partial charge < -0.3 is 36.6 Å². The number of carbonyl (C=O) groups is 4. The van der Waals surface area contributed by atoms with Crippen molar-refractivity contribution in [3.8, 4) is 0 Å². The van der Waals surface area contributed by atoms with Gasteiger partial charge in [0.25, 0.3) is 0 Å². The van der Waals surface area contributed by atoms with Crippen LogP contribution in [0.15, 0.2) is 29.3 Å². The number of amides is 2. The fraction of sp³-hybridized carbons (Fsp3) is 0.542. The van der Waals surface area contributed by atoms with Gasteiger partial charge in [0.15, 0.2) is 11.6 Å². The Morgan fingerprint density at radius 1 is 0.972 bits per heavy atom. The van der Waals surface area contributed by atoms with Crippen LogP contribution in [0.3, 0.4) is 0 Å². The van der Waals surface area contributed by atoms with Crippen LogP contribution in [0.1, 0.15) is 37.8 Å². The molecule has 8 N–H and O–H groups in total. The normalized spacial score (nSPS) is 16.5. The van der Waals surface area contributed by atoms with Crippen molar-refractivity contribution >= 4 is 29.6 Å². The Hall–Kier alpha value is -3.03. The van der Waals surface area contributed by atoms with E-state index in [0.29, 0.717) is 11.1 Å². The lowest BCUT2D eigenvalue weighted by Crippen LogP contribution is -2.46. The maximum atomic E-state index is 12.7. The lowest BCUT2D eigenvalue weighted by Gasteiger charge is -2.20. The second-order valence-corrected chi connectivity index (χ2v) is 8.63. The number of ketones is 2. The average molecular weight is 510 g/mol. The third-order valence-corrected chi connectivity index (χ3v) is 5.51. The summed E-state index contributed by atoms with van der Waals surface area (Å²) in [5, 5.41) is 49.1. The lowest BCUT2D eigenvalue weighted by molar-refractivity contribution is -0.133. The first-order valence-corrected chi connectivity index (χ1v) is 11.4. The van der Waals surface area contributed by atoms with Gasteiger partial charge in [0.05, 0.1) is 25.7 Å². The molecule has 0 aromatic heterocycles. The fourth-order valence-corrected chi connectivity index (χ4v) is 3.14. The predicted octanol–water partition coefficient (Wildman–Crippen LogP) is -2.22. The van der Waals surface area contributed by atoms with E-state index in [4.69, 9.17) is 15.9 Å². The third kappa shape index (κ3) is 10.3. The van der Waals surface area contributed by atoms with E-state index >= 15 is 0 Å². The number of carbonyl (C=O) groups excluding carboxylic acids is 4. The Labute approximate surface area is 208 Å². The number of nitrogens with two attached hydrogens (primary N) is 1. The van der Waals surface area contributed by atoms with E-state index in [2.05, 4.69) is 10.3 Å². The van der Waals surface area contributed by atoms with Gasteiger partial charge >= 0.3 is 0 Å². The fourth-order valence-electron chi connectivity index (χ4n) is 3.14. The first-order chi connectivity index (χ1) is 16.9. The molecule has 12 nitrogen and oxygen atoms in total. The van der Waals surface area contributed by atoms with E-state index in [1.54, 1.807) is 24.3 Å². The number of hydrogen-bond acceptors (Lipinski definition) is 10. The highest BCUT2D eigenvalue weighted by molar-refractivity contribution is 5.95. The number of nitrogens with zero attached hydrogens (tertiary/aromatic N) is 1. The van der Waals surface area contributed by atoms with Crippen molar-refractivity contribution in [2.75, 3.05) is 6.61 Å². The molecule has 12 heteroatoms. The number of benzene rings is 1. The minimum absolute atomic E-state index is 0.0812. The number of aliphatic hydroxyl groups is 5. The van der Waals surface area contributed by atoms with Crippen LogP contribution >= 0.6 is 0 Å². The van der Waals surface area contributed by atoms with Crippen molar-refractivity contribution < 1.29 is 44.7 Å². The summed E-state index contributed by atoms with van der Waals surface area (Å²) in [5.41, 5.74) is 6.52. The van der Waals surface area contributed by atoms with Gasteiger partial charge in [-0.3, -0.25) is 24.2 Å². The second kappa shape index (κ2) is 15.2. The Bertz CT molecular complexity index is 920. The molecule has 0 fully saturated rings. The van der Waals surface area contributed by atoms with Crippen molar-refractivity contribution in [2.45, 2.75) is 70.1 Å². The second-order valence-electron chi connectivity index (χ2n) is 8.63. The van der Waals surface area contributed by atoms with E-state index in [0.717, 1.165) is 6.21 Å². The Balaban J connectivity index is 2.74. The molecule has 0 saturated heterocycles. The van der Waals surface area contributed by atoms with E-state index in [9.17, 15) is 34.5 Å². The molecule has 36 heavy (non-hydrogen) atoms. The molecule has 0 aliphatic carbocycles. The zero-order chi connectivity index (χ0) is 27.4. The summed E-state index contributed by atoms with van der Waals surface area (Å²) in [6.45, 7) is 1.94. The molecule has 0 radical (unpaired) electrons. The van der Waals surface area contributed by atoms with Gasteiger partial charge in [-0.25, -0.2) is 0 Å².